The highest BCUT2D eigenvalue weighted by molar-refractivity contribution is 5.80. The zero-order valence-electron chi connectivity index (χ0n) is 13.7. The molecule has 2 heterocycles. The van der Waals surface area contributed by atoms with Crippen LogP contribution in [0.25, 0.3) is 0 Å². The quantitative estimate of drug-likeness (QED) is 0.573. The second-order valence-corrected chi connectivity index (χ2v) is 5.31. The van der Waals surface area contributed by atoms with Gasteiger partial charge in [0.05, 0.1) is 19.9 Å². The second kappa shape index (κ2) is 8.14. The van der Waals surface area contributed by atoms with Crippen LogP contribution < -0.4 is 0 Å². The molecular weight excluding hydrogens is 274 g/mol. The van der Waals surface area contributed by atoms with Gasteiger partial charge in [0.15, 0.2) is 5.03 Å². The van der Waals surface area contributed by atoms with Gasteiger partial charge in [-0.25, -0.2) is 10.1 Å². The Balaban J connectivity index is 0.00000106. The molecule has 8 heteroatoms. The molecule has 2 aliphatic heterocycles. The molecule has 0 bridgehead atoms. The molecule has 0 aromatic carbocycles. The van der Waals surface area contributed by atoms with Crippen molar-refractivity contribution in [2.45, 2.75) is 33.2 Å². The van der Waals surface area contributed by atoms with Crippen LogP contribution in [0.4, 0.5) is 0 Å². The summed E-state index contributed by atoms with van der Waals surface area (Å²) in [5.74, 6) is 0.833. The summed E-state index contributed by atoms with van der Waals surface area (Å²) in [4.78, 5) is 16.6. The molecule has 122 valence electrons. The standard InChI is InChI=1S/C11H21N5O3.C2H6/c1-9(10-4-5-19-6-10)15-8-13(2)7-14(3)11(15)12-16(17)18;1-2/h9-10H,4-8H2,1-3H3;1-2H3/b12-11+;. The van der Waals surface area contributed by atoms with Crippen molar-refractivity contribution < 1.29 is 9.77 Å². The maximum atomic E-state index is 10.7. The van der Waals surface area contributed by atoms with Gasteiger partial charge in [-0.3, -0.25) is 4.90 Å². The lowest BCUT2D eigenvalue weighted by molar-refractivity contribution is -0.486. The van der Waals surface area contributed by atoms with Gasteiger partial charge in [-0.2, -0.15) is 0 Å². The Hall–Kier alpha value is -1.41. The maximum absolute atomic E-state index is 10.7. The fourth-order valence-electron chi connectivity index (χ4n) is 2.72. The number of nitrogens with zero attached hydrogens (tertiary/aromatic N) is 5. The van der Waals surface area contributed by atoms with Crippen molar-refractivity contribution in [2.24, 2.45) is 11.0 Å². The van der Waals surface area contributed by atoms with E-state index in [9.17, 15) is 10.1 Å². The van der Waals surface area contributed by atoms with Crippen LogP contribution in [0, 0.1) is 16.0 Å². The Labute approximate surface area is 126 Å². The molecule has 21 heavy (non-hydrogen) atoms. The van der Waals surface area contributed by atoms with Gasteiger partial charge in [-0.1, -0.05) is 13.8 Å². The van der Waals surface area contributed by atoms with Gasteiger partial charge in [0.25, 0.3) is 5.96 Å². The highest BCUT2D eigenvalue weighted by Crippen LogP contribution is 2.23. The molecular formula is C13H27N5O3. The minimum absolute atomic E-state index is 0.173. The molecule has 0 amide bonds. The van der Waals surface area contributed by atoms with Crippen molar-refractivity contribution in [3.63, 3.8) is 0 Å². The fraction of sp³-hybridized carbons (Fsp3) is 0.923. The van der Waals surface area contributed by atoms with Crippen molar-refractivity contribution in [3.05, 3.63) is 10.1 Å². The predicted octanol–water partition coefficient (Wildman–Crippen LogP) is 1.08. The van der Waals surface area contributed by atoms with Crippen LogP contribution >= 0.6 is 0 Å². The third-order valence-corrected chi connectivity index (χ3v) is 3.76. The molecule has 0 spiro atoms. The van der Waals surface area contributed by atoms with Crippen LogP contribution in [0.15, 0.2) is 5.10 Å². The maximum Gasteiger partial charge on any atom is 0.276 e. The number of guanidine groups is 1. The monoisotopic (exact) mass is 301 g/mol. The van der Waals surface area contributed by atoms with Crippen LogP contribution in [-0.4, -0.2) is 72.4 Å². The van der Waals surface area contributed by atoms with Crippen molar-refractivity contribution >= 4 is 5.96 Å². The highest BCUT2D eigenvalue weighted by Gasteiger charge is 2.35. The molecule has 0 N–H and O–H groups in total. The second-order valence-electron chi connectivity index (χ2n) is 5.31. The normalized spacial score (nSPS) is 26.5. The number of hydrogen-bond acceptors (Lipinski definition) is 4. The lowest BCUT2D eigenvalue weighted by Gasteiger charge is -2.44. The van der Waals surface area contributed by atoms with Gasteiger partial charge < -0.3 is 14.5 Å². The Kier molecular flexibility index (Phi) is 6.83. The summed E-state index contributed by atoms with van der Waals surface area (Å²) in [7, 11) is 3.81. The van der Waals surface area contributed by atoms with E-state index < -0.39 is 5.03 Å². The third-order valence-electron chi connectivity index (χ3n) is 3.76. The first-order chi connectivity index (χ1) is 9.99. The average molecular weight is 301 g/mol. The summed E-state index contributed by atoms with van der Waals surface area (Å²) >= 11 is 0. The average Bonchev–Trinajstić information content (AvgIpc) is 2.96. The molecule has 0 saturated carbocycles. The van der Waals surface area contributed by atoms with E-state index in [1.54, 1.807) is 4.90 Å². The van der Waals surface area contributed by atoms with Gasteiger partial charge >= 0.3 is 0 Å². The molecule has 0 radical (unpaired) electrons. The molecule has 2 fully saturated rings. The number of nitro groups is 1. The van der Waals surface area contributed by atoms with Crippen molar-refractivity contribution in [1.29, 1.82) is 0 Å². The van der Waals surface area contributed by atoms with Crippen molar-refractivity contribution in [2.75, 3.05) is 40.6 Å². The first-order valence-corrected chi connectivity index (χ1v) is 7.46. The van der Waals surface area contributed by atoms with E-state index in [0.29, 0.717) is 25.2 Å². The van der Waals surface area contributed by atoms with Gasteiger partial charge in [0.1, 0.15) is 5.10 Å². The smallest absolute Gasteiger partial charge is 0.276 e. The Morgan fingerprint density at radius 1 is 1.38 bits per heavy atom. The van der Waals surface area contributed by atoms with Crippen LogP contribution in [-0.2, 0) is 4.74 Å². The first kappa shape index (κ1) is 17.6. The van der Waals surface area contributed by atoms with Crippen molar-refractivity contribution in [1.82, 2.24) is 14.7 Å². The van der Waals surface area contributed by atoms with E-state index in [1.165, 1.54) is 0 Å². The summed E-state index contributed by atoms with van der Waals surface area (Å²) in [5, 5.41) is 13.6. The SMILES string of the molecule is CC.CC(C1CCOC1)N1CN(C)CN(C)/C1=N\[N+](=O)[O-]. The first-order valence-electron chi connectivity index (χ1n) is 7.46. The summed E-state index contributed by atoms with van der Waals surface area (Å²) in [5.41, 5.74) is 0. The summed E-state index contributed by atoms with van der Waals surface area (Å²) < 4.78 is 5.41. The van der Waals surface area contributed by atoms with Crippen LogP contribution in [0.2, 0.25) is 0 Å². The molecule has 2 rings (SSSR count). The molecule has 0 aromatic rings. The molecule has 2 saturated heterocycles. The summed E-state index contributed by atoms with van der Waals surface area (Å²) in [6.07, 6.45) is 0.997. The molecule has 0 aliphatic carbocycles. The Morgan fingerprint density at radius 2 is 2.05 bits per heavy atom. The van der Waals surface area contributed by atoms with E-state index in [0.717, 1.165) is 19.6 Å². The summed E-state index contributed by atoms with van der Waals surface area (Å²) in [6, 6.07) is 0.173. The van der Waals surface area contributed by atoms with Crippen LogP contribution in [0.5, 0.6) is 0 Å². The van der Waals surface area contributed by atoms with E-state index >= 15 is 0 Å². The van der Waals surface area contributed by atoms with Gasteiger partial charge in [0, 0.05) is 25.6 Å². The minimum Gasteiger partial charge on any atom is -0.381 e. The third kappa shape index (κ3) is 4.53. The molecule has 8 nitrogen and oxygen atoms in total. The Morgan fingerprint density at radius 3 is 2.57 bits per heavy atom. The number of ether oxygens (including phenoxy) is 1. The zero-order chi connectivity index (χ0) is 16.0. The Bertz CT molecular complexity index is 371. The van der Waals surface area contributed by atoms with E-state index in [4.69, 9.17) is 4.74 Å². The van der Waals surface area contributed by atoms with Gasteiger partial charge in [-0.15, -0.1) is 0 Å². The van der Waals surface area contributed by atoms with Crippen molar-refractivity contribution in [3.8, 4) is 0 Å². The van der Waals surface area contributed by atoms with Gasteiger partial charge in [0.2, 0.25) is 0 Å². The number of rotatable bonds is 3. The minimum atomic E-state index is -0.623. The molecule has 2 aliphatic rings. The van der Waals surface area contributed by atoms with E-state index in [-0.39, 0.29) is 6.04 Å². The molecule has 2 unspecified atom stereocenters. The lowest BCUT2D eigenvalue weighted by atomic mass is 9.99. The highest BCUT2D eigenvalue weighted by atomic mass is 16.7. The fourth-order valence-corrected chi connectivity index (χ4v) is 2.72. The molecule has 2 atom stereocenters. The van der Waals surface area contributed by atoms with Crippen LogP contribution in [0.3, 0.4) is 0 Å². The van der Waals surface area contributed by atoms with Crippen LogP contribution in [0.1, 0.15) is 27.2 Å². The molecule has 0 aromatic heterocycles. The topological polar surface area (TPSA) is 74.5 Å². The summed E-state index contributed by atoms with van der Waals surface area (Å²) in [6.45, 7) is 8.86. The number of hydrogen-bond donors (Lipinski definition) is 0. The number of hydrazone groups is 1. The predicted molar refractivity (Wildman–Crippen MR) is 81.3 cm³/mol. The largest absolute Gasteiger partial charge is 0.381 e. The van der Waals surface area contributed by atoms with E-state index in [1.807, 2.05) is 32.8 Å². The van der Waals surface area contributed by atoms with Gasteiger partial charge in [-0.05, 0) is 20.4 Å². The van der Waals surface area contributed by atoms with E-state index in [2.05, 4.69) is 16.9 Å². The lowest BCUT2D eigenvalue weighted by Crippen LogP contribution is -2.60. The zero-order valence-corrected chi connectivity index (χ0v) is 13.7.